The Bertz CT molecular complexity index is 631. The lowest BCUT2D eigenvalue weighted by atomic mass is 10.2. The molecule has 0 saturated carbocycles. The maximum absolute atomic E-state index is 4.62. The number of guanidine groups is 1. The summed E-state index contributed by atoms with van der Waals surface area (Å²) in [5.74, 6) is 1.27. The number of aromatic nitrogens is 2. The van der Waals surface area contributed by atoms with E-state index in [2.05, 4.69) is 50.9 Å². The van der Waals surface area contributed by atoms with E-state index in [0.717, 1.165) is 35.3 Å². The van der Waals surface area contributed by atoms with Crippen LogP contribution in [0.1, 0.15) is 41.7 Å². The standard InChI is InChI=1S/C17H25N5S/c1-12(2)15-11-23-16(22-15)10-21-17(18-4)19-8-7-14-6-5-13(3)20-9-14/h5-6,9,11-12H,7-8,10H2,1-4H3,(H2,18,19,21). The Labute approximate surface area is 142 Å². The quantitative estimate of drug-likeness (QED) is 0.631. The molecule has 2 heterocycles. The van der Waals surface area contributed by atoms with Crippen molar-refractivity contribution >= 4 is 17.3 Å². The first-order valence-corrected chi connectivity index (χ1v) is 8.76. The highest BCUT2D eigenvalue weighted by atomic mass is 32.1. The Kier molecular flexibility index (Phi) is 6.52. The molecule has 2 aromatic rings. The summed E-state index contributed by atoms with van der Waals surface area (Å²) in [5, 5.41) is 9.83. The van der Waals surface area contributed by atoms with E-state index in [1.807, 2.05) is 19.2 Å². The van der Waals surface area contributed by atoms with E-state index in [0.29, 0.717) is 12.5 Å². The summed E-state index contributed by atoms with van der Waals surface area (Å²) in [7, 11) is 1.78. The van der Waals surface area contributed by atoms with Gasteiger partial charge >= 0.3 is 0 Å². The maximum Gasteiger partial charge on any atom is 0.191 e. The van der Waals surface area contributed by atoms with Gasteiger partial charge < -0.3 is 10.6 Å². The molecule has 0 radical (unpaired) electrons. The maximum atomic E-state index is 4.62. The summed E-state index contributed by atoms with van der Waals surface area (Å²) in [5.41, 5.74) is 3.42. The minimum atomic E-state index is 0.473. The predicted molar refractivity (Wildman–Crippen MR) is 97.1 cm³/mol. The molecule has 0 aliphatic carbocycles. The highest BCUT2D eigenvalue weighted by molar-refractivity contribution is 7.09. The third kappa shape index (κ3) is 5.63. The molecule has 6 heteroatoms. The SMILES string of the molecule is CN=C(NCCc1ccc(C)nc1)NCc1nc(C(C)C)cs1. The molecule has 0 spiro atoms. The van der Waals surface area contributed by atoms with Crippen LogP contribution in [0.2, 0.25) is 0 Å². The Hall–Kier alpha value is -1.95. The van der Waals surface area contributed by atoms with E-state index in [1.165, 1.54) is 5.56 Å². The van der Waals surface area contributed by atoms with E-state index < -0.39 is 0 Å². The number of hydrogen-bond acceptors (Lipinski definition) is 4. The van der Waals surface area contributed by atoms with E-state index in [9.17, 15) is 0 Å². The number of aliphatic imine (C=N–C) groups is 1. The van der Waals surface area contributed by atoms with Crippen molar-refractivity contribution < 1.29 is 0 Å². The Morgan fingerprint density at radius 1 is 1.30 bits per heavy atom. The highest BCUT2D eigenvalue weighted by Crippen LogP contribution is 2.17. The van der Waals surface area contributed by atoms with Crippen LogP contribution in [0.5, 0.6) is 0 Å². The minimum absolute atomic E-state index is 0.473. The van der Waals surface area contributed by atoms with Gasteiger partial charge in [-0.2, -0.15) is 0 Å². The monoisotopic (exact) mass is 331 g/mol. The molecule has 0 saturated heterocycles. The van der Waals surface area contributed by atoms with Crippen molar-refractivity contribution in [2.24, 2.45) is 4.99 Å². The van der Waals surface area contributed by atoms with Crippen LogP contribution in [0.4, 0.5) is 0 Å². The average Bonchev–Trinajstić information content (AvgIpc) is 3.01. The lowest BCUT2D eigenvalue weighted by Crippen LogP contribution is -2.37. The first kappa shape index (κ1) is 17.4. The van der Waals surface area contributed by atoms with Gasteiger partial charge in [0.1, 0.15) is 5.01 Å². The Morgan fingerprint density at radius 3 is 2.74 bits per heavy atom. The van der Waals surface area contributed by atoms with Gasteiger partial charge in [0.15, 0.2) is 5.96 Å². The smallest absolute Gasteiger partial charge is 0.191 e. The van der Waals surface area contributed by atoms with E-state index in [-0.39, 0.29) is 0 Å². The van der Waals surface area contributed by atoms with Crippen molar-refractivity contribution in [1.29, 1.82) is 0 Å². The third-order valence-corrected chi connectivity index (χ3v) is 4.34. The Morgan fingerprint density at radius 2 is 2.13 bits per heavy atom. The fourth-order valence-corrected chi connectivity index (χ4v) is 2.92. The molecule has 0 aromatic carbocycles. The minimum Gasteiger partial charge on any atom is -0.356 e. The molecule has 2 rings (SSSR count). The zero-order valence-corrected chi connectivity index (χ0v) is 15.1. The summed E-state index contributed by atoms with van der Waals surface area (Å²) in [6.07, 6.45) is 2.85. The fraction of sp³-hybridized carbons (Fsp3) is 0.471. The number of pyridine rings is 1. The molecule has 2 N–H and O–H groups in total. The van der Waals surface area contributed by atoms with Crippen LogP contribution in [-0.4, -0.2) is 29.5 Å². The van der Waals surface area contributed by atoms with E-state index >= 15 is 0 Å². The van der Waals surface area contributed by atoms with E-state index in [1.54, 1.807) is 18.4 Å². The number of thiazole rings is 1. The number of nitrogens with one attached hydrogen (secondary N) is 2. The molecule has 0 fully saturated rings. The molecule has 0 aliphatic heterocycles. The molecule has 0 bridgehead atoms. The van der Waals surface area contributed by atoms with Gasteiger partial charge in [-0.05, 0) is 30.9 Å². The number of hydrogen-bond donors (Lipinski definition) is 2. The van der Waals surface area contributed by atoms with E-state index in [4.69, 9.17) is 0 Å². The van der Waals surface area contributed by atoms with Crippen LogP contribution >= 0.6 is 11.3 Å². The fourth-order valence-electron chi connectivity index (χ4n) is 2.02. The van der Waals surface area contributed by atoms with Crippen LogP contribution in [0.25, 0.3) is 0 Å². The van der Waals surface area contributed by atoms with Crippen molar-refractivity contribution in [2.45, 2.75) is 39.7 Å². The van der Waals surface area contributed by atoms with Crippen LogP contribution < -0.4 is 10.6 Å². The van der Waals surface area contributed by atoms with Gasteiger partial charge in [-0.15, -0.1) is 11.3 Å². The van der Waals surface area contributed by atoms with Crippen molar-refractivity contribution in [3.8, 4) is 0 Å². The second-order valence-corrected chi connectivity index (χ2v) is 6.67. The Balaban J connectivity index is 1.75. The normalized spacial score (nSPS) is 11.8. The molecule has 0 amide bonds. The topological polar surface area (TPSA) is 62.2 Å². The second-order valence-electron chi connectivity index (χ2n) is 5.73. The zero-order valence-electron chi connectivity index (χ0n) is 14.3. The van der Waals surface area contributed by atoms with Crippen molar-refractivity contribution in [2.75, 3.05) is 13.6 Å². The molecule has 124 valence electrons. The lowest BCUT2D eigenvalue weighted by molar-refractivity contribution is 0.777. The summed E-state index contributed by atoms with van der Waals surface area (Å²) in [6, 6.07) is 4.15. The second kappa shape index (κ2) is 8.62. The molecular formula is C17H25N5S. The molecular weight excluding hydrogens is 306 g/mol. The van der Waals surface area contributed by atoms with Gasteiger partial charge in [0, 0.05) is 30.9 Å². The van der Waals surface area contributed by atoms with Crippen LogP contribution in [0, 0.1) is 6.92 Å². The number of rotatable bonds is 6. The van der Waals surface area contributed by atoms with Gasteiger partial charge in [0.2, 0.25) is 0 Å². The van der Waals surface area contributed by atoms with Crippen molar-refractivity contribution in [3.05, 3.63) is 45.7 Å². The third-order valence-electron chi connectivity index (χ3n) is 3.47. The van der Waals surface area contributed by atoms with Gasteiger partial charge in [-0.1, -0.05) is 19.9 Å². The predicted octanol–water partition coefficient (Wildman–Crippen LogP) is 2.88. The van der Waals surface area contributed by atoms with Gasteiger partial charge in [0.25, 0.3) is 0 Å². The molecule has 0 aliphatic rings. The molecule has 2 aromatic heterocycles. The molecule has 0 unspecified atom stereocenters. The number of aryl methyl sites for hydroxylation is 1. The highest BCUT2D eigenvalue weighted by Gasteiger charge is 2.06. The van der Waals surface area contributed by atoms with Crippen LogP contribution in [0.15, 0.2) is 28.7 Å². The first-order chi connectivity index (χ1) is 11.1. The largest absolute Gasteiger partial charge is 0.356 e. The van der Waals surface area contributed by atoms with Crippen molar-refractivity contribution in [1.82, 2.24) is 20.6 Å². The van der Waals surface area contributed by atoms with Gasteiger partial charge in [0.05, 0.1) is 12.2 Å². The summed E-state index contributed by atoms with van der Waals surface area (Å²) in [4.78, 5) is 13.2. The molecule has 5 nitrogen and oxygen atoms in total. The van der Waals surface area contributed by atoms with Gasteiger partial charge in [-0.25, -0.2) is 4.98 Å². The first-order valence-electron chi connectivity index (χ1n) is 7.89. The van der Waals surface area contributed by atoms with Crippen molar-refractivity contribution in [3.63, 3.8) is 0 Å². The van der Waals surface area contributed by atoms with Gasteiger partial charge in [-0.3, -0.25) is 9.98 Å². The molecule has 23 heavy (non-hydrogen) atoms. The number of nitrogens with zero attached hydrogens (tertiary/aromatic N) is 3. The summed E-state index contributed by atoms with van der Waals surface area (Å²) >= 11 is 1.69. The zero-order chi connectivity index (χ0) is 16.7. The van der Waals surface area contributed by atoms with Crippen LogP contribution in [0.3, 0.4) is 0 Å². The average molecular weight is 331 g/mol. The summed E-state index contributed by atoms with van der Waals surface area (Å²) in [6.45, 7) is 7.83. The summed E-state index contributed by atoms with van der Waals surface area (Å²) < 4.78 is 0. The molecule has 0 atom stereocenters. The lowest BCUT2D eigenvalue weighted by Gasteiger charge is -2.11. The van der Waals surface area contributed by atoms with Crippen LogP contribution in [-0.2, 0) is 13.0 Å².